The van der Waals surface area contributed by atoms with Gasteiger partial charge in [0, 0.05) is 6.54 Å². The molecule has 0 bridgehead atoms. The van der Waals surface area contributed by atoms with Gasteiger partial charge in [-0.2, -0.15) is 4.31 Å². The number of nitrogens with zero attached hydrogens (tertiary/aromatic N) is 1. The van der Waals surface area contributed by atoms with Crippen LogP contribution in [0.3, 0.4) is 0 Å². The third-order valence-electron chi connectivity index (χ3n) is 3.51. The van der Waals surface area contributed by atoms with Crippen LogP contribution in [0.25, 0.3) is 0 Å². The highest BCUT2D eigenvalue weighted by Gasteiger charge is 2.36. The predicted octanol–water partition coefficient (Wildman–Crippen LogP) is 1.49. The predicted molar refractivity (Wildman–Crippen MR) is 81.4 cm³/mol. The van der Waals surface area contributed by atoms with E-state index >= 15 is 0 Å². The lowest BCUT2D eigenvalue weighted by molar-refractivity contribution is -0.122. The van der Waals surface area contributed by atoms with E-state index in [1.54, 1.807) is 6.07 Å². The molecule has 1 aromatic rings. The van der Waals surface area contributed by atoms with E-state index in [4.69, 9.17) is 10.5 Å². The van der Waals surface area contributed by atoms with Crippen LogP contribution >= 0.6 is 15.9 Å². The summed E-state index contributed by atoms with van der Waals surface area (Å²) < 4.78 is 32.3. The molecule has 1 atom stereocenters. The largest absolute Gasteiger partial charge is 0.496 e. The number of benzene rings is 1. The average Bonchev–Trinajstić information content (AvgIpc) is 2.47. The van der Waals surface area contributed by atoms with E-state index < -0.39 is 22.0 Å². The van der Waals surface area contributed by atoms with Crippen LogP contribution in [-0.4, -0.2) is 38.3 Å². The lowest BCUT2D eigenvalue weighted by Crippen LogP contribution is -2.50. The highest BCUT2D eigenvalue weighted by atomic mass is 79.9. The number of methoxy groups -OCH3 is 1. The fourth-order valence-corrected chi connectivity index (χ4v) is 4.80. The van der Waals surface area contributed by atoms with Gasteiger partial charge in [-0.1, -0.05) is 6.42 Å². The van der Waals surface area contributed by atoms with E-state index in [2.05, 4.69) is 15.9 Å². The maximum absolute atomic E-state index is 12.7. The number of carbonyl (C=O) groups is 1. The monoisotopic (exact) mass is 376 g/mol. The number of carbonyl (C=O) groups excluding carboxylic acids is 1. The summed E-state index contributed by atoms with van der Waals surface area (Å²) in [6, 6.07) is 3.73. The van der Waals surface area contributed by atoms with E-state index in [0.717, 1.165) is 12.8 Å². The molecular weight excluding hydrogens is 360 g/mol. The molecule has 2 rings (SSSR count). The van der Waals surface area contributed by atoms with Gasteiger partial charge in [0.1, 0.15) is 11.8 Å². The van der Waals surface area contributed by atoms with Gasteiger partial charge in [0.2, 0.25) is 15.9 Å². The standard InChI is InChI=1S/C13H17BrN2O4S/c1-20-12-6-5-9(8-10(12)14)21(18,19)16-7-3-2-4-11(16)13(15)17/h5-6,8,11H,2-4,7H2,1H3,(H2,15,17). The molecule has 1 aromatic carbocycles. The molecule has 0 saturated carbocycles. The van der Waals surface area contributed by atoms with Crippen molar-refractivity contribution in [3.63, 3.8) is 0 Å². The molecule has 1 fully saturated rings. The number of piperidine rings is 1. The first-order valence-electron chi connectivity index (χ1n) is 6.52. The molecule has 0 spiro atoms. The molecule has 116 valence electrons. The van der Waals surface area contributed by atoms with Crippen LogP contribution in [0.2, 0.25) is 0 Å². The van der Waals surface area contributed by atoms with Gasteiger partial charge < -0.3 is 10.5 Å². The van der Waals surface area contributed by atoms with Gasteiger partial charge >= 0.3 is 0 Å². The summed E-state index contributed by atoms with van der Waals surface area (Å²) in [4.78, 5) is 11.6. The summed E-state index contributed by atoms with van der Waals surface area (Å²) in [5, 5.41) is 0. The second-order valence-electron chi connectivity index (χ2n) is 4.83. The zero-order valence-electron chi connectivity index (χ0n) is 11.6. The normalized spacial score (nSPS) is 20.2. The smallest absolute Gasteiger partial charge is 0.243 e. The highest BCUT2D eigenvalue weighted by Crippen LogP contribution is 2.31. The van der Waals surface area contributed by atoms with Gasteiger partial charge in [0.05, 0.1) is 16.5 Å². The molecule has 2 N–H and O–H groups in total. The summed E-state index contributed by atoms with van der Waals surface area (Å²) in [5.74, 6) is -0.0649. The van der Waals surface area contributed by atoms with E-state index in [-0.39, 0.29) is 4.90 Å². The molecule has 1 aliphatic heterocycles. The molecule has 21 heavy (non-hydrogen) atoms. The third kappa shape index (κ3) is 3.22. The minimum absolute atomic E-state index is 0.114. The molecule has 0 aliphatic carbocycles. The number of nitrogens with two attached hydrogens (primary N) is 1. The fraction of sp³-hybridized carbons (Fsp3) is 0.462. The summed E-state index contributed by atoms with van der Waals surface area (Å²) >= 11 is 3.27. The molecule has 6 nitrogen and oxygen atoms in total. The fourth-order valence-electron chi connectivity index (χ4n) is 2.42. The number of rotatable bonds is 4. The lowest BCUT2D eigenvalue weighted by atomic mass is 10.0. The zero-order valence-corrected chi connectivity index (χ0v) is 14.0. The zero-order chi connectivity index (χ0) is 15.6. The van der Waals surface area contributed by atoms with E-state index in [1.165, 1.54) is 23.5 Å². The van der Waals surface area contributed by atoms with E-state index in [0.29, 0.717) is 23.2 Å². The van der Waals surface area contributed by atoms with Crippen LogP contribution in [-0.2, 0) is 14.8 Å². The van der Waals surface area contributed by atoms with Crippen LogP contribution < -0.4 is 10.5 Å². The number of primary amides is 1. The minimum atomic E-state index is -3.76. The second kappa shape index (κ2) is 6.33. The van der Waals surface area contributed by atoms with Gasteiger partial charge in [0.25, 0.3) is 0 Å². The third-order valence-corrected chi connectivity index (χ3v) is 6.04. The van der Waals surface area contributed by atoms with Crippen LogP contribution in [0.5, 0.6) is 5.75 Å². The van der Waals surface area contributed by atoms with E-state index in [9.17, 15) is 13.2 Å². The van der Waals surface area contributed by atoms with Crippen molar-refractivity contribution in [2.24, 2.45) is 5.73 Å². The molecule has 1 heterocycles. The van der Waals surface area contributed by atoms with Gasteiger partial charge in [0.15, 0.2) is 0 Å². The minimum Gasteiger partial charge on any atom is -0.496 e. The van der Waals surface area contributed by atoms with Crippen molar-refractivity contribution in [1.82, 2.24) is 4.31 Å². The van der Waals surface area contributed by atoms with Crippen LogP contribution in [0.1, 0.15) is 19.3 Å². The first kappa shape index (κ1) is 16.3. The average molecular weight is 377 g/mol. The number of halogens is 1. The highest BCUT2D eigenvalue weighted by molar-refractivity contribution is 9.10. The van der Waals surface area contributed by atoms with E-state index in [1.807, 2.05) is 0 Å². The Morgan fingerprint density at radius 3 is 2.71 bits per heavy atom. The molecule has 1 unspecified atom stereocenters. The van der Waals surface area contributed by atoms with Gasteiger partial charge in [-0.15, -0.1) is 0 Å². The summed E-state index contributed by atoms with van der Waals surface area (Å²) in [7, 11) is -2.25. The van der Waals surface area contributed by atoms with Crippen molar-refractivity contribution in [2.75, 3.05) is 13.7 Å². The Morgan fingerprint density at radius 2 is 2.14 bits per heavy atom. The van der Waals surface area contributed by atoms with Crippen LogP contribution in [0.4, 0.5) is 0 Å². The van der Waals surface area contributed by atoms with Crippen molar-refractivity contribution in [3.8, 4) is 5.75 Å². The maximum atomic E-state index is 12.7. The Balaban J connectivity index is 2.40. The van der Waals surface area contributed by atoms with Crippen LogP contribution in [0, 0.1) is 0 Å². The summed E-state index contributed by atoms with van der Waals surface area (Å²) in [6.07, 6.45) is 1.98. The maximum Gasteiger partial charge on any atom is 0.243 e. The molecule has 0 radical (unpaired) electrons. The first-order chi connectivity index (χ1) is 9.87. The first-order valence-corrected chi connectivity index (χ1v) is 8.76. The Bertz CT molecular complexity index is 648. The van der Waals surface area contributed by atoms with Crippen molar-refractivity contribution < 1.29 is 17.9 Å². The number of ether oxygens (including phenoxy) is 1. The molecule has 1 saturated heterocycles. The number of hydrogen-bond acceptors (Lipinski definition) is 4. The molecule has 0 aromatic heterocycles. The number of hydrogen-bond donors (Lipinski definition) is 1. The molecular formula is C13H17BrN2O4S. The Labute approximate surface area is 132 Å². The number of sulfonamides is 1. The van der Waals surface area contributed by atoms with Crippen molar-refractivity contribution in [2.45, 2.75) is 30.2 Å². The van der Waals surface area contributed by atoms with Crippen molar-refractivity contribution >= 4 is 31.9 Å². The Kier molecular flexibility index (Phi) is 4.90. The van der Waals surface area contributed by atoms with Gasteiger partial charge in [-0.05, 0) is 47.0 Å². The Hall–Kier alpha value is -1.12. The molecule has 1 amide bonds. The quantitative estimate of drug-likeness (QED) is 0.861. The lowest BCUT2D eigenvalue weighted by Gasteiger charge is -2.32. The Morgan fingerprint density at radius 1 is 1.43 bits per heavy atom. The number of amides is 1. The topological polar surface area (TPSA) is 89.7 Å². The van der Waals surface area contributed by atoms with Crippen molar-refractivity contribution in [3.05, 3.63) is 22.7 Å². The molecule has 1 aliphatic rings. The summed E-state index contributed by atoms with van der Waals surface area (Å²) in [6.45, 7) is 0.305. The second-order valence-corrected chi connectivity index (χ2v) is 7.57. The van der Waals surface area contributed by atoms with Crippen LogP contribution in [0.15, 0.2) is 27.6 Å². The van der Waals surface area contributed by atoms with Gasteiger partial charge in [-0.25, -0.2) is 8.42 Å². The SMILES string of the molecule is COc1ccc(S(=O)(=O)N2CCCCC2C(N)=O)cc1Br. The van der Waals surface area contributed by atoms with Crippen molar-refractivity contribution in [1.29, 1.82) is 0 Å². The van der Waals surface area contributed by atoms with Gasteiger partial charge in [-0.3, -0.25) is 4.79 Å². The molecule has 8 heteroatoms. The summed E-state index contributed by atoms with van der Waals surface area (Å²) in [5.41, 5.74) is 5.33.